The largest absolute Gasteiger partial charge is 0.488 e. The monoisotopic (exact) mass is 261 g/mol. The highest BCUT2D eigenvalue weighted by Crippen LogP contribution is 2.34. The van der Waals surface area contributed by atoms with Crippen LogP contribution in [0.1, 0.15) is 17.5 Å². The summed E-state index contributed by atoms with van der Waals surface area (Å²) in [7, 11) is 0. The van der Waals surface area contributed by atoms with E-state index in [-0.39, 0.29) is 18.2 Å². The first-order chi connectivity index (χ1) is 8.50. The Morgan fingerprint density at radius 3 is 2.72 bits per heavy atom. The van der Waals surface area contributed by atoms with Crippen LogP contribution in [0.4, 0.5) is 13.2 Å². The molecule has 2 rings (SSSR count). The van der Waals surface area contributed by atoms with Crippen molar-refractivity contribution in [3.05, 3.63) is 29.3 Å². The smallest absolute Gasteiger partial charge is 0.416 e. The van der Waals surface area contributed by atoms with E-state index < -0.39 is 11.7 Å². The average molecular weight is 261 g/mol. The van der Waals surface area contributed by atoms with Gasteiger partial charge in [-0.15, -0.1) is 0 Å². The van der Waals surface area contributed by atoms with Gasteiger partial charge in [0.25, 0.3) is 0 Å². The standard InChI is InChI=1S/C12H14F3NO2/c13-12(14,15)11-2-1-9(5-8(11)6-16)18-10-3-4-17-7-10/h1-2,5,10H,3-4,6-7,16H2. The second-order valence-electron chi connectivity index (χ2n) is 4.12. The molecule has 1 fully saturated rings. The average Bonchev–Trinajstić information content (AvgIpc) is 2.80. The van der Waals surface area contributed by atoms with Gasteiger partial charge in [0.1, 0.15) is 11.9 Å². The maximum absolute atomic E-state index is 12.7. The fourth-order valence-corrected chi connectivity index (χ4v) is 1.89. The molecule has 6 heteroatoms. The normalized spacial score (nSPS) is 20.1. The van der Waals surface area contributed by atoms with Crippen molar-refractivity contribution in [3.8, 4) is 5.75 Å². The topological polar surface area (TPSA) is 44.5 Å². The predicted molar refractivity (Wildman–Crippen MR) is 59.2 cm³/mol. The van der Waals surface area contributed by atoms with E-state index in [9.17, 15) is 13.2 Å². The molecule has 1 unspecified atom stereocenters. The van der Waals surface area contributed by atoms with E-state index in [2.05, 4.69) is 0 Å². The quantitative estimate of drug-likeness (QED) is 0.908. The van der Waals surface area contributed by atoms with E-state index in [1.807, 2.05) is 0 Å². The van der Waals surface area contributed by atoms with Crippen LogP contribution in [0, 0.1) is 0 Å². The van der Waals surface area contributed by atoms with Gasteiger partial charge in [-0.3, -0.25) is 0 Å². The van der Waals surface area contributed by atoms with Gasteiger partial charge in [-0.1, -0.05) is 0 Å². The van der Waals surface area contributed by atoms with E-state index in [1.165, 1.54) is 12.1 Å². The Labute approximate surface area is 103 Å². The van der Waals surface area contributed by atoms with Crippen molar-refractivity contribution in [1.82, 2.24) is 0 Å². The maximum Gasteiger partial charge on any atom is 0.416 e. The third kappa shape index (κ3) is 2.94. The highest BCUT2D eigenvalue weighted by molar-refractivity contribution is 5.37. The minimum absolute atomic E-state index is 0.0407. The van der Waals surface area contributed by atoms with E-state index in [4.69, 9.17) is 15.2 Å². The summed E-state index contributed by atoms with van der Waals surface area (Å²) in [6.07, 6.45) is -3.73. The molecule has 1 aliphatic heterocycles. The predicted octanol–water partition coefficient (Wildman–Crippen LogP) is 2.33. The first-order valence-corrected chi connectivity index (χ1v) is 5.65. The number of hydrogen-bond donors (Lipinski definition) is 1. The molecule has 1 atom stereocenters. The highest BCUT2D eigenvalue weighted by Gasteiger charge is 2.33. The molecule has 1 heterocycles. The third-order valence-electron chi connectivity index (χ3n) is 2.79. The van der Waals surface area contributed by atoms with Crippen molar-refractivity contribution in [2.24, 2.45) is 5.73 Å². The molecule has 2 N–H and O–H groups in total. The van der Waals surface area contributed by atoms with Crippen molar-refractivity contribution in [2.45, 2.75) is 25.2 Å². The van der Waals surface area contributed by atoms with Gasteiger partial charge in [0.15, 0.2) is 0 Å². The summed E-state index contributed by atoms with van der Waals surface area (Å²) in [5.74, 6) is 0.402. The Balaban J connectivity index is 2.18. The Hall–Kier alpha value is -1.27. The van der Waals surface area contributed by atoms with Gasteiger partial charge >= 0.3 is 6.18 Å². The second-order valence-corrected chi connectivity index (χ2v) is 4.12. The number of benzene rings is 1. The summed E-state index contributed by atoms with van der Waals surface area (Å²) >= 11 is 0. The molecule has 0 aliphatic carbocycles. The number of hydrogen-bond acceptors (Lipinski definition) is 3. The Bertz CT molecular complexity index is 414. The zero-order chi connectivity index (χ0) is 13.2. The molecule has 0 bridgehead atoms. The van der Waals surface area contributed by atoms with Crippen LogP contribution in [0.5, 0.6) is 5.75 Å². The van der Waals surface area contributed by atoms with Crippen LogP contribution in [0.15, 0.2) is 18.2 Å². The number of rotatable bonds is 3. The van der Waals surface area contributed by atoms with E-state index in [1.54, 1.807) is 0 Å². The van der Waals surface area contributed by atoms with Gasteiger partial charge in [0.2, 0.25) is 0 Å². The van der Waals surface area contributed by atoms with Crippen molar-refractivity contribution in [2.75, 3.05) is 13.2 Å². The van der Waals surface area contributed by atoms with Crippen molar-refractivity contribution in [3.63, 3.8) is 0 Å². The van der Waals surface area contributed by atoms with Crippen molar-refractivity contribution < 1.29 is 22.6 Å². The minimum atomic E-state index is -4.39. The SMILES string of the molecule is NCc1cc(OC2CCOC2)ccc1C(F)(F)F. The Morgan fingerprint density at radius 2 is 2.17 bits per heavy atom. The molecule has 0 aromatic heterocycles. The lowest BCUT2D eigenvalue weighted by Gasteiger charge is -2.16. The van der Waals surface area contributed by atoms with Crippen LogP contribution in [0.3, 0.4) is 0 Å². The first kappa shape index (κ1) is 13.2. The lowest BCUT2D eigenvalue weighted by molar-refractivity contribution is -0.138. The fourth-order valence-electron chi connectivity index (χ4n) is 1.89. The second kappa shape index (κ2) is 5.16. The van der Waals surface area contributed by atoms with E-state index >= 15 is 0 Å². The molecule has 0 saturated carbocycles. The zero-order valence-corrected chi connectivity index (χ0v) is 9.67. The number of nitrogens with two attached hydrogens (primary N) is 1. The summed E-state index contributed by atoms with van der Waals surface area (Å²) < 4.78 is 48.6. The maximum atomic E-state index is 12.7. The van der Waals surface area contributed by atoms with Crippen molar-refractivity contribution in [1.29, 1.82) is 0 Å². The summed E-state index contributed by atoms with van der Waals surface area (Å²) in [5, 5.41) is 0. The molecular weight excluding hydrogens is 247 g/mol. The van der Waals surface area contributed by atoms with Crippen LogP contribution >= 0.6 is 0 Å². The zero-order valence-electron chi connectivity index (χ0n) is 9.67. The summed E-state index contributed by atoms with van der Waals surface area (Å²) in [5.41, 5.74) is 4.68. The summed E-state index contributed by atoms with van der Waals surface area (Å²) in [6, 6.07) is 3.68. The molecule has 1 aromatic rings. The molecule has 18 heavy (non-hydrogen) atoms. The van der Waals surface area contributed by atoms with E-state index in [0.29, 0.717) is 19.0 Å². The summed E-state index contributed by atoms with van der Waals surface area (Å²) in [6.45, 7) is 0.918. The molecule has 3 nitrogen and oxygen atoms in total. The lowest BCUT2D eigenvalue weighted by atomic mass is 10.1. The minimum Gasteiger partial charge on any atom is -0.488 e. The summed E-state index contributed by atoms with van der Waals surface area (Å²) in [4.78, 5) is 0. The van der Waals surface area contributed by atoms with Gasteiger partial charge in [-0.05, 0) is 23.8 Å². The molecule has 0 radical (unpaired) electrons. The van der Waals surface area contributed by atoms with Crippen LogP contribution in [-0.4, -0.2) is 19.3 Å². The Morgan fingerprint density at radius 1 is 1.39 bits per heavy atom. The molecule has 1 aliphatic rings. The van der Waals surface area contributed by atoms with Crippen LogP contribution < -0.4 is 10.5 Å². The molecule has 100 valence electrons. The number of alkyl halides is 3. The Kier molecular flexibility index (Phi) is 3.77. The van der Waals surface area contributed by atoms with Crippen LogP contribution in [0.2, 0.25) is 0 Å². The van der Waals surface area contributed by atoms with Gasteiger partial charge in [0.05, 0.1) is 18.8 Å². The molecule has 0 spiro atoms. The fraction of sp³-hybridized carbons (Fsp3) is 0.500. The van der Waals surface area contributed by atoms with Gasteiger partial charge in [-0.25, -0.2) is 0 Å². The number of ether oxygens (including phenoxy) is 2. The molecule has 1 saturated heterocycles. The molecule has 1 aromatic carbocycles. The third-order valence-corrected chi connectivity index (χ3v) is 2.79. The highest BCUT2D eigenvalue weighted by atomic mass is 19.4. The lowest BCUT2D eigenvalue weighted by Crippen LogP contribution is -2.17. The van der Waals surface area contributed by atoms with Crippen molar-refractivity contribution >= 4 is 0 Å². The molecule has 0 amide bonds. The molecular formula is C12H14F3NO2. The van der Waals surface area contributed by atoms with E-state index in [0.717, 1.165) is 12.5 Å². The van der Waals surface area contributed by atoms with Crippen LogP contribution in [-0.2, 0) is 17.5 Å². The van der Waals surface area contributed by atoms with Gasteiger partial charge < -0.3 is 15.2 Å². The van der Waals surface area contributed by atoms with Gasteiger partial charge in [0, 0.05) is 13.0 Å². The van der Waals surface area contributed by atoms with Gasteiger partial charge in [-0.2, -0.15) is 13.2 Å². The first-order valence-electron chi connectivity index (χ1n) is 5.65. The number of halogens is 3. The van der Waals surface area contributed by atoms with Crippen LogP contribution in [0.25, 0.3) is 0 Å².